The van der Waals surface area contributed by atoms with Crippen LogP contribution in [-0.2, 0) is 0 Å². The summed E-state index contributed by atoms with van der Waals surface area (Å²) in [7, 11) is 0. The van der Waals surface area contributed by atoms with E-state index in [4.69, 9.17) is 0 Å². The van der Waals surface area contributed by atoms with Gasteiger partial charge in [0.1, 0.15) is 0 Å². The molecule has 3 fully saturated rings. The van der Waals surface area contributed by atoms with Crippen LogP contribution in [0.25, 0.3) is 0 Å². The fourth-order valence-corrected chi connectivity index (χ4v) is 5.91. The lowest BCUT2D eigenvalue weighted by Crippen LogP contribution is -2.58. The van der Waals surface area contributed by atoms with Crippen LogP contribution in [0.2, 0.25) is 0 Å². The molecule has 3 saturated carbocycles. The first-order valence-electron chi connectivity index (χ1n) is 9.22. The Morgan fingerprint density at radius 2 is 1.86 bits per heavy atom. The Labute approximate surface area is 136 Å². The maximum absolute atomic E-state index is 11.3. The molecular formula is C20H34O2. The Morgan fingerprint density at radius 3 is 2.55 bits per heavy atom. The van der Waals surface area contributed by atoms with Crippen molar-refractivity contribution in [3.8, 4) is 0 Å². The van der Waals surface area contributed by atoms with Crippen LogP contribution < -0.4 is 0 Å². The summed E-state index contributed by atoms with van der Waals surface area (Å²) < 4.78 is 0. The van der Waals surface area contributed by atoms with Gasteiger partial charge in [0.25, 0.3) is 0 Å². The summed E-state index contributed by atoms with van der Waals surface area (Å²) in [5.41, 5.74) is 1.23. The normalized spacial score (nSPS) is 50.5. The van der Waals surface area contributed by atoms with E-state index < -0.39 is 5.60 Å². The largest absolute Gasteiger partial charge is 0.393 e. The molecule has 0 aliphatic heterocycles. The van der Waals surface area contributed by atoms with E-state index in [0.29, 0.717) is 17.3 Å². The van der Waals surface area contributed by atoms with Gasteiger partial charge >= 0.3 is 0 Å². The first kappa shape index (κ1) is 16.5. The highest BCUT2D eigenvalue weighted by Crippen LogP contribution is 2.66. The Bertz CT molecular complexity index is 466. The molecule has 0 aromatic carbocycles. The summed E-state index contributed by atoms with van der Waals surface area (Å²) in [6, 6.07) is 0. The SMILES string of the molecule is CC(C)=CCCC1(C)CC2C1CCC1(C)CC2(O)CCC1O. The molecule has 2 nitrogen and oxygen atoms in total. The first-order valence-corrected chi connectivity index (χ1v) is 9.22. The molecule has 0 aromatic rings. The van der Waals surface area contributed by atoms with E-state index in [0.717, 1.165) is 25.7 Å². The lowest BCUT2D eigenvalue weighted by molar-refractivity contribution is -0.182. The zero-order chi connectivity index (χ0) is 16.2. The molecule has 22 heavy (non-hydrogen) atoms. The van der Waals surface area contributed by atoms with Crippen LogP contribution in [0, 0.1) is 22.7 Å². The molecule has 6 atom stereocenters. The summed E-state index contributed by atoms with van der Waals surface area (Å²) in [6.45, 7) is 8.98. The van der Waals surface area contributed by atoms with Crippen LogP contribution in [0.1, 0.15) is 79.1 Å². The molecule has 0 aromatic heterocycles. The molecule has 0 heterocycles. The van der Waals surface area contributed by atoms with E-state index in [1.165, 1.54) is 31.3 Å². The minimum atomic E-state index is -0.509. The van der Waals surface area contributed by atoms with Gasteiger partial charge in [-0.2, -0.15) is 0 Å². The van der Waals surface area contributed by atoms with Gasteiger partial charge in [-0.25, -0.2) is 0 Å². The fourth-order valence-electron chi connectivity index (χ4n) is 5.91. The van der Waals surface area contributed by atoms with E-state index in [2.05, 4.69) is 33.8 Å². The molecule has 0 saturated heterocycles. The van der Waals surface area contributed by atoms with Crippen molar-refractivity contribution in [2.75, 3.05) is 0 Å². The maximum atomic E-state index is 11.3. The Balaban J connectivity index is 1.76. The van der Waals surface area contributed by atoms with Crippen molar-refractivity contribution in [1.29, 1.82) is 0 Å². The molecule has 0 amide bonds. The van der Waals surface area contributed by atoms with Crippen LogP contribution in [0.15, 0.2) is 11.6 Å². The highest BCUT2D eigenvalue weighted by Gasteiger charge is 2.62. The summed E-state index contributed by atoms with van der Waals surface area (Å²) in [6.07, 6.45) is 10.4. The third kappa shape index (κ3) is 2.57. The number of hydrogen-bond donors (Lipinski definition) is 2. The minimum Gasteiger partial charge on any atom is -0.393 e. The monoisotopic (exact) mass is 306 g/mol. The minimum absolute atomic E-state index is 0.0643. The molecule has 0 spiro atoms. The summed E-state index contributed by atoms with van der Waals surface area (Å²) in [5, 5.41) is 21.7. The highest BCUT2D eigenvalue weighted by molar-refractivity contribution is 5.13. The smallest absolute Gasteiger partial charge is 0.0686 e. The molecule has 2 N–H and O–H groups in total. The molecule has 126 valence electrons. The van der Waals surface area contributed by atoms with Crippen LogP contribution in [0.3, 0.4) is 0 Å². The van der Waals surface area contributed by atoms with Gasteiger partial charge in [0.05, 0.1) is 11.7 Å². The highest BCUT2D eigenvalue weighted by atomic mass is 16.3. The predicted octanol–water partition coefficient (Wildman–Crippen LogP) is 4.45. The van der Waals surface area contributed by atoms with Crippen molar-refractivity contribution in [2.24, 2.45) is 22.7 Å². The molecular weight excluding hydrogens is 272 g/mol. The topological polar surface area (TPSA) is 40.5 Å². The second-order valence-corrected chi connectivity index (χ2v) is 9.42. The van der Waals surface area contributed by atoms with Gasteiger partial charge in [-0.3, -0.25) is 0 Å². The molecule has 3 aliphatic carbocycles. The standard InChI is InChI=1S/C20H34O2/c1-14(2)6-5-9-18(3)12-16-15(18)7-10-19(4)13-20(16,22)11-8-17(19)21/h6,15-17,21-22H,5,7-13H2,1-4H3. The Morgan fingerprint density at radius 1 is 1.14 bits per heavy atom. The van der Waals surface area contributed by atoms with Gasteiger partial charge in [0.15, 0.2) is 0 Å². The van der Waals surface area contributed by atoms with Crippen molar-refractivity contribution in [2.45, 2.75) is 90.8 Å². The van der Waals surface area contributed by atoms with Gasteiger partial charge in [0.2, 0.25) is 0 Å². The quantitative estimate of drug-likeness (QED) is 0.756. The van der Waals surface area contributed by atoms with Crippen LogP contribution in [0.5, 0.6) is 0 Å². The molecule has 6 unspecified atom stereocenters. The molecule has 2 heteroatoms. The van der Waals surface area contributed by atoms with Gasteiger partial charge < -0.3 is 10.2 Å². The summed E-state index contributed by atoms with van der Waals surface area (Å²) >= 11 is 0. The van der Waals surface area contributed by atoms with Crippen LogP contribution in [-0.4, -0.2) is 21.9 Å². The van der Waals surface area contributed by atoms with Crippen molar-refractivity contribution < 1.29 is 10.2 Å². The third-order valence-electron chi connectivity index (χ3n) is 7.42. The number of aliphatic hydroxyl groups excluding tert-OH is 1. The summed E-state index contributed by atoms with van der Waals surface area (Å²) in [5.74, 6) is 1.12. The lowest BCUT2D eigenvalue weighted by atomic mass is 9.47. The zero-order valence-electron chi connectivity index (χ0n) is 14.9. The Hall–Kier alpha value is -0.340. The number of fused-ring (bicyclic) bond motifs is 4. The predicted molar refractivity (Wildman–Crippen MR) is 90.5 cm³/mol. The molecule has 3 aliphatic rings. The van der Waals surface area contributed by atoms with Crippen LogP contribution >= 0.6 is 0 Å². The van der Waals surface area contributed by atoms with E-state index in [9.17, 15) is 10.2 Å². The first-order chi connectivity index (χ1) is 10.2. The fraction of sp³-hybridized carbons (Fsp3) is 0.900. The molecule has 2 bridgehead atoms. The van der Waals surface area contributed by atoms with Crippen molar-refractivity contribution >= 4 is 0 Å². The maximum Gasteiger partial charge on any atom is 0.0686 e. The molecule has 0 radical (unpaired) electrons. The van der Waals surface area contributed by atoms with E-state index in [1.807, 2.05) is 0 Å². The second-order valence-electron chi connectivity index (χ2n) is 9.42. The zero-order valence-corrected chi connectivity index (χ0v) is 14.9. The molecule has 3 rings (SSSR count). The van der Waals surface area contributed by atoms with E-state index in [1.54, 1.807) is 0 Å². The van der Waals surface area contributed by atoms with E-state index in [-0.39, 0.29) is 11.5 Å². The number of aliphatic hydroxyl groups is 2. The average Bonchev–Trinajstić information content (AvgIpc) is 2.48. The van der Waals surface area contributed by atoms with Crippen molar-refractivity contribution in [3.05, 3.63) is 11.6 Å². The van der Waals surface area contributed by atoms with Crippen LogP contribution in [0.4, 0.5) is 0 Å². The van der Waals surface area contributed by atoms with Crippen molar-refractivity contribution in [1.82, 2.24) is 0 Å². The van der Waals surface area contributed by atoms with Crippen molar-refractivity contribution in [3.63, 3.8) is 0 Å². The average molecular weight is 306 g/mol. The van der Waals surface area contributed by atoms with E-state index >= 15 is 0 Å². The Kier molecular flexibility index (Phi) is 4.01. The second kappa shape index (κ2) is 5.34. The lowest BCUT2D eigenvalue weighted by Gasteiger charge is -2.59. The van der Waals surface area contributed by atoms with Gasteiger partial charge in [-0.1, -0.05) is 25.5 Å². The third-order valence-corrected chi connectivity index (χ3v) is 7.42. The number of allylic oxidation sites excluding steroid dienone is 2. The van der Waals surface area contributed by atoms with Gasteiger partial charge in [0, 0.05) is 0 Å². The number of rotatable bonds is 3. The number of hydrogen-bond acceptors (Lipinski definition) is 2. The summed E-state index contributed by atoms with van der Waals surface area (Å²) in [4.78, 5) is 0. The van der Waals surface area contributed by atoms with Gasteiger partial charge in [-0.15, -0.1) is 0 Å². The van der Waals surface area contributed by atoms with Gasteiger partial charge in [-0.05, 0) is 87.9 Å².